The molecule has 0 aliphatic carbocycles. The van der Waals surface area contributed by atoms with E-state index in [1.165, 1.54) is 12.5 Å². The molecule has 0 saturated carbocycles. The summed E-state index contributed by atoms with van der Waals surface area (Å²) in [5, 5.41) is 6.90. The van der Waals surface area contributed by atoms with Crippen LogP contribution in [0.25, 0.3) is 0 Å². The van der Waals surface area contributed by atoms with E-state index in [4.69, 9.17) is 4.74 Å². The molecule has 1 heterocycles. The van der Waals surface area contributed by atoms with E-state index in [0.717, 1.165) is 44.1 Å². The van der Waals surface area contributed by atoms with E-state index in [1.54, 1.807) is 12.1 Å². The zero-order valence-electron chi connectivity index (χ0n) is 16.8. The first kappa shape index (κ1) is 20.7. The molecular weight excluding hydrogens is 368 g/mol. The molecule has 0 atom stereocenters. The molecule has 1 fully saturated rings. The van der Waals surface area contributed by atoms with Crippen molar-refractivity contribution in [3.63, 3.8) is 0 Å². The Hall–Kier alpha value is -3.03. The van der Waals surface area contributed by atoms with Crippen LogP contribution in [0.1, 0.15) is 35.3 Å². The van der Waals surface area contributed by atoms with E-state index >= 15 is 0 Å². The second kappa shape index (κ2) is 9.95. The van der Waals surface area contributed by atoms with Gasteiger partial charge in [0.1, 0.15) is 0 Å². The van der Waals surface area contributed by atoms with Crippen LogP contribution >= 0.6 is 0 Å². The number of carbonyl (C=O) groups is 2. The van der Waals surface area contributed by atoms with Crippen LogP contribution in [0.4, 0.5) is 5.69 Å². The third-order valence-corrected chi connectivity index (χ3v) is 4.67. The lowest BCUT2D eigenvalue weighted by atomic mass is 10.1. The Balaban J connectivity index is 1.55. The molecule has 7 nitrogen and oxygen atoms in total. The third-order valence-electron chi connectivity index (χ3n) is 4.67. The van der Waals surface area contributed by atoms with E-state index in [1.807, 2.05) is 43.3 Å². The first-order chi connectivity index (χ1) is 14.0. The van der Waals surface area contributed by atoms with E-state index in [9.17, 15) is 9.59 Å². The molecular formula is C22H26N4O3. The predicted molar refractivity (Wildman–Crippen MR) is 113 cm³/mol. The number of nitrogens with zero attached hydrogens (tertiary/aromatic N) is 2. The van der Waals surface area contributed by atoms with Gasteiger partial charge in [-0.25, -0.2) is 5.43 Å². The summed E-state index contributed by atoms with van der Waals surface area (Å²) in [5.41, 5.74) is 6.59. The summed E-state index contributed by atoms with van der Waals surface area (Å²) in [4.78, 5) is 25.8. The highest BCUT2D eigenvalue weighted by Crippen LogP contribution is 2.11. The summed E-state index contributed by atoms with van der Waals surface area (Å²) in [6, 6.07) is 14.9. The summed E-state index contributed by atoms with van der Waals surface area (Å²) in [5.74, 6) is -0.372. The normalized spacial score (nSPS) is 15.0. The van der Waals surface area contributed by atoms with Crippen LogP contribution in [-0.4, -0.2) is 48.7 Å². The fourth-order valence-electron chi connectivity index (χ4n) is 3.04. The molecule has 2 aromatic carbocycles. The standard InChI is InChI=1S/C22H26N4O3/c1-16(19-7-9-21(10-8-19)23-17(2)27)24-25-22(28)20-5-3-18(4-6-20)15-26-11-13-29-14-12-26/h3-10H,11-15H2,1-2H3,(H,23,27)(H,25,28)/b24-16-. The highest BCUT2D eigenvalue weighted by atomic mass is 16.5. The van der Waals surface area contributed by atoms with Gasteiger partial charge in [0.15, 0.2) is 0 Å². The fraction of sp³-hybridized carbons (Fsp3) is 0.318. The van der Waals surface area contributed by atoms with Crippen molar-refractivity contribution >= 4 is 23.2 Å². The Morgan fingerprint density at radius 3 is 2.21 bits per heavy atom. The molecule has 2 N–H and O–H groups in total. The van der Waals surface area contributed by atoms with Crippen LogP contribution in [0, 0.1) is 0 Å². The summed E-state index contributed by atoms with van der Waals surface area (Å²) in [6.45, 7) is 7.55. The number of nitrogens with one attached hydrogen (secondary N) is 2. The minimum Gasteiger partial charge on any atom is -0.379 e. The van der Waals surface area contributed by atoms with Gasteiger partial charge >= 0.3 is 0 Å². The molecule has 29 heavy (non-hydrogen) atoms. The van der Waals surface area contributed by atoms with Gasteiger partial charge in [-0.1, -0.05) is 24.3 Å². The van der Waals surface area contributed by atoms with E-state index in [2.05, 4.69) is 20.7 Å². The average Bonchev–Trinajstić information content (AvgIpc) is 2.73. The lowest BCUT2D eigenvalue weighted by molar-refractivity contribution is -0.114. The van der Waals surface area contributed by atoms with Gasteiger partial charge in [0, 0.05) is 37.8 Å². The van der Waals surface area contributed by atoms with Crippen molar-refractivity contribution in [2.45, 2.75) is 20.4 Å². The molecule has 0 unspecified atom stereocenters. The number of rotatable bonds is 6. The van der Waals surface area contributed by atoms with Crippen molar-refractivity contribution in [2.24, 2.45) is 5.10 Å². The number of anilines is 1. The van der Waals surface area contributed by atoms with Crippen molar-refractivity contribution in [3.05, 3.63) is 65.2 Å². The van der Waals surface area contributed by atoms with Crippen LogP contribution in [0.15, 0.2) is 53.6 Å². The number of morpholine rings is 1. The van der Waals surface area contributed by atoms with Crippen molar-refractivity contribution in [1.82, 2.24) is 10.3 Å². The molecule has 0 spiro atoms. The van der Waals surface area contributed by atoms with Crippen LogP contribution in [0.2, 0.25) is 0 Å². The maximum Gasteiger partial charge on any atom is 0.271 e. The van der Waals surface area contributed by atoms with E-state index in [-0.39, 0.29) is 11.8 Å². The fourth-order valence-corrected chi connectivity index (χ4v) is 3.04. The predicted octanol–water partition coefficient (Wildman–Crippen LogP) is 2.63. The van der Waals surface area contributed by atoms with E-state index < -0.39 is 0 Å². The number of benzene rings is 2. The largest absolute Gasteiger partial charge is 0.379 e. The molecule has 2 amide bonds. The molecule has 2 aromatic rings. The van der Waals surface area contributed by atoms with Gasteiger partial charge in [-0.3, -0.25) is 14.5 Å². The number of amides is 2. The summed E-state index contributed by atoms with van der Waals surface area (Å²) < 4.78 is 5.36. The Bertz CT molecular complexity index is 870. The maximum absolute atomic E-state index is 12.4. The molecule has 1 aliphatic rings. The minimum absolute atomic E-state index is 0.119. The van der Waals surface area contributed by atoms with Gasteiger partial charge in [-0.05, 0) is 42.3 Å². The second-order valence-corrected chi connectivity index (χ2v) is 6.98. The Labute approximate surface area is 170 Å². The molecule has 0 aromatic heterocycles. The van der Waals surface area contributed by atoms with Crippen LogP contribution < -0.4 is 10.7 Å². The topological polar surface area (TPSA) is 83.0 Å². The van der Waals surface area contributed by atoms with Crippen LogP contribution in [0.5, 0.6) is 0 Å². The maximum atomic E-state index is 12.4. The van der Waals surface area contributed by atoms with Crippen molar-refractivity contribution in [3.8, 4) is 0 Å². The number of carbonyl (C=O) groups excluding carboxylic acids is 2. The second-order valence-electron chi connectivity index (χ2n) is 6.98. The molecule has 0 radical (unpaired) electrons. The summed E-state index contributed by atoms with van der Waals surface area (Å²) in [7, 11) is 0. The lowest BCUT2D eigenvalue weighted by Crippen LogP contribution is -2.35. The molecule has 152 valence electrons. The molecule has 3 rings (SSSR count). The quantitative estimate of drug-likeness (QED) is 0.583. The number of hydrazone groups is 1. The Morgan fingerprint density at radius 1 is 0.966 bits per heavy atom. The van der Waals surface area contributed by atoms with Crippen molar-refractivity contribution < 1.29 is 14.3 Å². The highest BCUT2D eigenvalue weighted by molar-refractivity contribution is 6.01. The van der Waals surface area contributed by atoms with Gasteiger partial charge in [0.25, 0.3) is 5.91 Å². The van der Waals surface area contributed by atoms with Crippen LogP contribution in [-0.2, 0) is 16.1 Å². The van der Waals surface area contributed by atoms with E-state index in [0.29, 0.717) is 11.3 Å². The SMILES string of the molecule is CC(=O)Nc1ccc(/C(C)=N\NC(=O)c2ccc(CN3CCOCC3)cc2)cc1. The Morgan fingerprint density at radius 2 is 1.59 bits per heavy atom. The highest BCUT2D eigenvalue weighted by Gasteiger charge is 2.11. The Kier molecular flexibility index (Phi) is 7.10. The minimum atomic E-state index is -0.253. The van der Waals surface area contributed by atoms with Crippen LogP contribution in [0.3, 0.4) is 0 Å². The smallest absolute Gasteiger partial charge is 0.271 e. The van der Waals surface area contributed by atoms with Gasteiger partial charge in [-0.15, -0.1) is 0 Å². The zero-order chi connectivity index (χ0) is 20.6. The molecule has 0 bridgehead atoms. The zero-order valence-corrected chi connectivity index (χ0v) is 16.8. The van der Waals surface area contributed by atoms with Gasteiger partial charge < -0.3 is 10.1 Å². The van der Waals surface area contributed by atoms with Gasteiger partial charge in [0.05, 0.1) is 18.9 Å². The van der Waals surface area contributed by atoms with Gasteiger partial charge in [0.2, 0.25) is 5.91 Å². The van der Waals surface area contributed by atoms with Crippen molar-refractivity contribution in [2.75, 3.05) is 31.6 Å². The van der Waals surface area contributed by atoms with Gasteiger partial charge in [-0.2, -0.15) is 5.10 Å². The monoisotopic (exact) mass is 394 g/mol. The first-order valence-corrected chi connectivity index (χ1v) is 9.63. The molecule has 7 heteroatoms. The number of hydrogen-bond acceptors (Lipinski definition) is 5. The summed E-state index contributed by atoms with van der Waals surface area (Å²) >= 11 is 0. The first-order valence-electron chi connectivity index (χ1n) is 9.63. The molecule has 1 aliphatic heterocycles. The van der Waals surface area contributed by atoms with Crippen molar-refractivity contribution in [1.29, 1.82) is 0 Å². The molecule has 1 saturated heterocycles. The average molecular weight is 394 g/mol. The summed E-state index contributed by atoms with van der Waals surface area (Å²) in [6.07, 6.45) is 0. The lowest BCUT2D eigenvalue weighted by Gasteiger charge is -2.26. The number of ether oxygens (including phenoxy) is 1. The third kappa shape index (κ3) is 6.23. The number of hydrogen-bond donors (Lipinski definition) is 2.